The minimum absolute atomic E-state index is 0.156. The van der Waals surface area contributed by atoms with Crippen LogP contribution >= 0.6 is 11.8 Å². The van der Waals surface area contributed by atoms with Crippen LogP contribution in [0.3, 0.4) is 0 Å². The molecule has 9 heteroatoms. The summed E-state index contributed by atoms with van der Waals surface area (Å²) in [5, 5.41) is 7.77. The Bertz CT molecular complexity index is 989. The number of amides is 1. The van der Waals surface area contributed by atoms with E-state index in [0.717, 1.165) is 11.4 Å². The molecule has 0 aliphatic rings. The molecule has 0 aliphatic heterocycles. The summed E-state index contributed by atoms with van der Waals surface area (Å²) >= 11 is 1.26. The van der Waals surface area contributed by atoms with Crippen LogP contribution in [0.1, 0.15) is 25.2 Å². The highest BCUT2D eigenvalue weighted by Gasteiger charge is 2.12. The van der Waals surface area contributed by atoms with E-state index in [2.05, 4.69) is 20.4 Å². The van der Waals surface area contributed by atoms with Gasteiger partial charge in [-0.1, -0.05) is 11.8 Å². The standard InChI is InChI=1S/C19H23N5O3S/c1-5-26-15-8-7-14(10-16(15)27-6-2)21-17(25)11-28-19-22-18-20-12(3)9-13(4)24(18)23-19/h7-10H,5-6,11H2,1-4H3,(H,21,25). The highest BCUT2D eigenvalue weighted by Crippen LogP contribution is 2.30. The average molecular weight is 401 g/mol. The molecular formula is C19H23N5O3S. The van der Waals surface area contributed by atoms with Crippen LogP contribution in [-0.4, -0.2) is 44.5 Å². The van der Waals surface area contributed by atoms with E-state index in [-0.39, 0.29) is 11.7 Å². The van der Waals surface area contributed by atoms with Crippen LogP contribution in [0.4, 0.5) is 5.69 Å². The molecule has 28 heavy (non-hydrogen) atoms. The van der Waals surface area contributed by atoms with E-state index in [4.69, 9.17) is 9.47 Å². The number of aryl methyl sites for hydroxylation is 2. The maximum Gasteiger partial charge on any atom is 0.253 e. The first kappa shape index (κ1) is 19.9. The fourth-order valence-corrected chi connectivity index (χ4v) is 3.28. The molecule has 1 N–H and O–H groups in total. The van der Waals surface area contributed by atoms with Crippen molar-refractivity contribution in [2.24, 2.45) is 0 Å². The van der Waals surface area contributed by atoms with Gasteiger partial charge in [0.05, 0.1) is 19.0 Å². The van der Waals surface area contributed by atoms with Crippen molar-refractivity contribution in [2.75, 3.05) is 24.3 Å². The molecule has 0 aliphatic carbocycles. The van der Waals surface area contributed by atoms with Gasteiger partial charge in [-0.3, -0.25) is 4.79 Å². The smallest absolute Gasteiger partial charge is 0.253 e. The molecular weight excluding hydrogens is 378 g/mol. The zero-order valence-electron chi connectivity index (χ0n) is 16.4. The first-order chi connectivity index (χ1) is 13.5. The van der Waals surface area contributed by atoms with E-state index in [0.29, 0.717) is 41.3 Å². The summed E-state index contributed by atoms with van der Waals surface area (Å²) in [5.41, 5.74) is 2.48. The molecule has 0 atom stereocenters. The minimum atomic E-state index is -0.156. The molecule has 3 aromatic rings. The van der Waals surface area contributed by atoms with Crippen molar-refractivity contribution in [1.29, 1.82) is 0 Å². The number of thioether (sulfide) groups is 1. The highest BCUT2D eigenvalue weighted by atomic mass is 32.2. The normalized spacial score (nSPS) is 10.9. The number of carbonyl (C=O) groups is 1. The summed E-state index contributed by atoms with van der Waals surface area (Å²) in [6.07, 6.45) is 0. The molecule has 0 radical (unpaired) electrons. The molecule has 0 saturated carbocycles. The fraction of sp³-hybridized carbons (Fsp3) is 0.368. The van der Waals surface area contributed by atoms with Gasteiger partial charge in [0.25, 0.3) is 5.78 Å². The van der Waals surface area contributed by atoms with Crippen molar-refractivity contribution < 1.29 is 14.3 Å². The Morgan fingerprint density at radius 3 is 2.61 bits per heavy atom. The number of benzene rings is 1. The monoisotopic (exact) mass is 401 g/mol. The average Bonchev–Trinajstić information content (AvgIpc) is 3.06. The van der Waals surface area contributed by atoms with Crippen LogP contribution < -0.4 is 14.8 Å². The van der Waals surface area contributed by atoms with Gasteiger partial charge in [0, 0.05) is 23.1 Å². The van der Waals surface area contributed by atoms with Crippen LogP contribution in [0, 0.1) is 13.8 Å². The Labute approximate surface area is 167 Å². The lowest BCUT2D eigenvalue weighted by atomic mass is 10.2. The zero-order chi connectivity index (χ0) is 20.1. The van der Waals surface area contributed by atoms with Crippen molar-refractivity contribution in [1.82, 2.24) is 19.6 Å². The minimum Gasteiger partial charge on any atom is -0.490 e. The first-order valence-corrected chi connectivity index (χ1v) is 10.0. The third-order valence-corrected chi connectivity index (χ3v) is 4.60. The molecule has 0 fully saturated rings. The van der Waals surface area contributed by atoms with E-state index < -0.39 is 0 Å². The van der Waals surface area contributed by atoms with Crippen molar-refractivity contribution in [3.63, 3.8) is 0 Å². The lowest BCUT2D eigenvalue weighted by molar-refractivity contribution is -0.113. The lowest BCUT2D eigenvalue weighted by Crippen LogP contribution is -2.14. The second-order valence-electron chi connectivity index (χ2n) is 6.01. The lowest BCUT2D eigenvalue weighted by Gasteiger charge is -2.12. The number of hydrogen-bond donors (Lipinski definition) is 1. The number of aromatic nitrogens is 4. The van der Waals surface area contributed by atoms with E-state index in [1.54, 1.807) is 22.7 Å². The quantitative estimate of drug-likeness (QED) is 0.579. The zero-order valence-corrected chi connectivity index (χ0v) is 17.2. The SMILES string of the molecule is CCOc1ccc(NC(=O)CSc2nc3nc(C)cc(C)n3n2)cc1OCC. The van der Waals surface area contributed by atoms with Gasteiger partial charge in [-0.2, -0.15) is 4.98 Å². The second kappa shape index (κ2) is 8.92. The molecule has 2 aromatic heterocycles. The van der Waals surface area contributed by atoms with Gasteiger partial charge in [0.1, 0.15) is 0 Å². The van der Waals surface area contributed by atoms with E-state index in [1.807, 2.05) is 33.8 Å². The van der Waals surface area contributed by atoms with Crippen molar-refractivity contribution >= 4 is 29.1 Å². The van der Waals surface area contributed by atoms with Gasteiger partial charge < -0.3 is 14.8 Å². The molecule has 2 heterocycles. The Morgan fingerprint density at radius 1 is 1.11 bits per heavy atom. The second-order valence-corrected chi connectivity index (χ2v) is 6.95. The summed E-state index contributed by atoms with van der Waals surface area (Å²) in [5.74, 6) is 1.83. The van der Waals surface area contributed by atoms with Gasteiger partial charge in [0.15, 0.2) is 11.5 Å². The van der Waals surface area contributed by atoms with Crippen LogP contribution in [0.2, 0.25) is 0 Å². The van der Waals surface area contributed by atoms with Crippen LogP contribution in [0.25, 0.3) is 5.78 Å². The van der Waals surface area contributed by atoms with Crippen molar-refractivity contribution in [3.8, 4) is 11.5 Å². The predicted molar refractivity (Wildman–Crippen MR) is 108 cm³/mol. The summed E-state index contributed by atoms with van der Waals surface area (Å²) in [6.45, 7) is 8.72. The molecule has 1 amide bonds. The summed E-state index contributed by atoms with van der Waals surface area (Å²) < 4.78 is 12.8. The Kier molecular flexibility index (Phi) is 6.35. The largest absolute Gasteiger partial charge is 0.490 e. The summed E-state index contributed by atoms with van der Waals surface area (Å²) in [7, 11) is 0. The molecule has 0 saturated heterocycles. The predicted octanol–water partition coefficient (Wildman–Crippen LogP) is 3.27. The van der Waals surface area contributed by atoms with E-state index in [9.17, 15) is 4.79 Å². The fourth-order valence-electron chi connectivity index (χ4n) is 2.67. The number of ether oxygens (including phenoxy) is 2. The molecule has 3 rings (SSSR count). The van der Waals surface area contributed by atoms with Crippen LogP contribution in [0.15, 0.2) is 29.4 Å². The van der Waals surface area contributed by atoms with Gasteiger partial charge in [-0.15, -0.1) is 5.10 Å². The molecule has 0 unspecified atom stereocenters. The molecule has 148 valence electrons. The number of nitrogens with one attached hydrogen (secondary N) is 1. The van der Waals surface area contributed by atoms with Crippen molar-refractivity contribution in [2.45, 2.75) is 32.9 Å². The van der Waals surface area contributed by atoms with Gasteiger partial charge >= 0.3 is 0 Å². The molecule has 0 spiro atoms. The van der Waals surface area contributed by atoms with E-state index in [1.165, 1.54) is 11.8 Å². The third-order valence-electron chi connectivity index (χ3n) is 3.76. The number of anilines is 1. The maximum absolute atomic E-state index is 12.3. The number of nitrogens with zero attached hydrogens (tertiary/aromatic N) is 4. The van der Waals surface area contributed by atoms with Crippen molar-refractivity contribution in [3.05, 3.63) is 35.7 Å². The Hall–Kier alpha value is -2.81. The van der Waals surface area contributed by atoms with Gasteiger partial charge in [0.2, 0.25) is 11.1 Å². The van der Waals surface area contributed by atoms with E-state index >= 15 is 0 Å². The van der Waals surface area contributed by atoms with Gasteiger partial charge in [-0.05, 0) is 45.9 Å². The Balaban J connectivity index is 1.64. The highest BCUT2D eigenvalue weighted by molar-refractivity contribution is 7.99. The number of rotatable bonds is 8. The molecule has 0 bridgehead atoms. The molecule has 8 nitrogen and oxygen atoms in total. The topological polar surface area (TPSA) is 90.6 Å². The number of hydrogen-bond acceptors (Lipinski definition) is 7. The van der Waals surface area contributed by atoms with Crippen LogP contribution in [0.5, 0.6) is 11.5 Å². The number of carbonyl (C=O) groups excluding carboxylic acids is 1. The van der Waals surface area contributed by atoms with Crippen LogP contribution in [-0.2, 0) is 4.79 Å². The summed E-state index contributed by atoms with van der Waals surface area (Å²) in [4.78, 5) is 21.0. The Morgan fingerprint density at radius 2 is 1.86 bits per heavy atom. The first-order valence-electron chi connectivity index (χ1n) is 9.03. The molecule has 1 aromatic carbocycles. The maximum atomic E-state index is 12.3. The summed E-state index contributed by atoms with van der Waals surface area (Å²) in [6, 6.07) is 7.27. The number of fused-ring (bicyclic) bond motifs is 1. The van der Waals surface area contributed by atoms with Gasteiger partial charge in [-0.25, -0.2) is 9.50 Å². The third kappa shape index (κ3) is 4.72.